The molecule has 1 N–H and O–H groups in total. The largest absolute Gasteiger partial charge is 0.493 e. The summed E-state index contributed by atoms with van der Waals surface area (Å²) in [6, 6.07) is 8.97. The van der Waals surface area contributed by atoms with Crippen molar-refractivity contribution >= 4 is 0 Å². The van der Waals surface area contributed by atoms with Crippen molar-refractivity contribution in [2.45, 2.75) is 65.3 Å². The Labute approximate surface area is 124 Å². The lowest BCUT2D eigenvalue weighted by atomic mass is 9.86. The van der Waals surface area contributed by atoms with E-state index in [0.717, 1.165) is 31.7 Å². The maximum atomic E-state index is 5.99. The van der Waals surface area contributed by atoms with Crippen LogP contribution in [0, 0.1) is 0 Å². The Bertz CT molecular complexity index is 381. The Kier molecular flexibility index (Phi) is 7.08. The Hall–Kier alpha value is -1.02. The lowest BCUT2D eigenvalue weighted by Crippen LogP contribution is -2.27. The summed E-state index contributed by atoms with van der Waals surface area (Å²) in [5.74, 6) is 1.04. The van der Waals surface area contributed by atoms with Crippen LogP contribution in [0.5, 0.6) is 5.75 Å². The lowest BCUT2D eigenvalue weighted by Gasteiger charge is -2.23. The standard InChI is InChI=1S/C18H31NO/c1-6-13-19-15(2)10-9-14-20-17-12-8-7-11-16(17)18(3,4)5/h7-8,11-12,15,19H,6,9-10,13-14H2,1-5H3. The molecule has 0 saturated carbocycles. The van der Waals surface area contributed by atoms with E-state index in [2.05, 4.69) is 64.2 Å². The third-order valence-electron chi connectivity index (χ3n) is 3.48. The second kappa shape index (κ2) is 8.31. The predicted molar refractivity (Wildman–Crippen MR) is 87.6 cm³/mol. The van der Waals surface area contributed by atoms with E-state index in [4.69, 9.17) is 4.74 Å². The number of rotatable bonds is 8. The molecule has 0 fully saturated rings. The molecule has 0 heterocycles. The van der Waals surface area contributed by atoms with E-state index in [1.165, 1.54) is 12.0 Å². The topological polar surface area (TPSA) is 21.3 Å². The van der Waals surface area contributed by atoms with E-state index in [1.807, 2.05) is 0 Å². The minimum Gasteiger partial charge on any atom is -0.493 e. The van der Waals surface area contributed by atoms with Gasteiger partial charge in [-0.15, -0.1) is 0 Å². The molecule has 0 amide bonds. The Morgan fingerprint density at radius 2 is 1.90 bits per heavy atom. The summed E-state index contributed by atoms with van der Waals surface area (Å²) in [7, 11) is 0. The second-order valence-electron chi connectivity index (χ2n) is 6.59. The van der Waals surface area contributed by atoms with Gasteiger partial charge in [0.25, 0.3) is 0 Å². The summed E-state index contributed by atoms with van der Waals surface area (Å²) in [5.41, 5.74) is 1.42. The first kappa shape index (κ1) is 17.0. The highest BCUT2D eigenvalue weighted by Crippen LogP contribution is 2.30. The minimum atomic E-state index is 0.132. The molecule has 1 atom stereocenters. The van der Waals surface area contributed by atoms with Crippen LogP contribution in [0.1, 0.15) is 59.4 Å². The van der Waals surface area contributed by atoms with Crippen LogP contribution >= 0.6 is 0 Å². The van der Waals surface area contributed by atoms with Gasteiger partial charge in [-0.3, -0.25) is 0 Å². The van der Waals surface area contributed by atoms with Gasteiger partial charge >= 0.3 is 0 Å². The highest BCUT2D eigenvalue weighted by Gasteiger charge is 2.18. The first-order valence-electron chi connectivity index (χ1n) is 7.91. The number of para-hydroxylation sites is 1. The number of hydrogen-bond acceptors (Lipinski definition) is 2. The van der Waals surface area contributed by atoms with Crippen molar-refractivity contribution in [3.8, 4) is 5.75 Å². The van der Waals surface area contributed by atoms with Crippen molar-refractivity contribution in [3.63, 3.8) is 0 Å². The molecule has 0 aliphatic heterocycles. The van der Waals surface area contributed by atoms with E-state index < -0.39 is 0 Å². The molecular formula is C18H31NO. The maximum absolute atomic E-state index is 5.99. The van der Waals surface area contributed by atoms with Crippen LogP contribution in [0.2, 0.25) is 0 Å². The van der Waals surface area contributed by atoms with Crippen LogP contribution in [-0.2, 0) is 5.41 Å². The molecule has 1 rings (SSSR count). The molecule has 20 heavy (non-hydrogen) atoms. The second-order valence-corrected chi connectivity index (χ2v) is 6.59. The van der Waals surface area contributed by atoms with Gasteiger partial charge in [-0.05, 0) is 49.8 Å². The third-order valence-corrected chi connectivity index (χ3v) is 3.48. The fourth-order valence-corrected chi connectivity index (χ4v) is 2.28. The molecule has 0 aliphatic carbocycles. The number of hydrogen-bond donors (Lipinski definition) is 1. The molecule has 0 aliphatic rings. The highest BCUT2D eigenvalue weighted by atomic mass is 16.5. The molecule has 2 heteroatoms. The van der Waals surface area contributed by atoms with Crippen molar-refractivity contribution in [3.05, 3.63) is 29.8 Å². The zero-order chi connectivity index (χ0) is 15.0. The smallest absolute Gasteiger partial charge is 0.123 e. The number of benzene rings is 1. The molecular weight excluding hydrogens is 246 g/mol. The third kappa shape index (κ3) is 5.96. The van der Waals surface area contributed by atoms with Gasteiger partial charge in [0.05, 0.1) is 6.61 Å². The van der Waals surface area contributed by atoms with Gasteiger partial charge in [0.1, 0.15) is 5.75 Å². The van der Waals surface area contributed by atoms with E-state index in [0.29, 0.717) is 6.04 Å². The predicted octanol–water partition coefficient (Wildman–Crippen LogP) is 4.53. The molecule has 0 spiro atoms. The minimum absolute atomic E-state index is 0.132. The molecule has 114 valence electrons. The van der Waals surface area contributed by atoms with Crippen LogP contribution in [0.25, 0.3) is 0 Å². The lowest BCUT2D eigenvalue weighted by molar-refractivity contribution is 0.291. The summed E-state index contributed by atoms with van der Waals surface area (Å²) in [4.78, 5) is 0. The summed E-state index contributed by atoms with van der Waals surface area (Å²) >= 11 is 0. The van der Waals surface area contributed by atoms with Crippen LogP contribution in [0.15, 0.2) is 24.3 Å². The van der Waals surface area contributed by atoms with Gasteiger partial charge in [0.15, 0.2) is 0 Å². The molecule has 0 bridgehead atoms. The first-order valence-corrected chi connectivity index (χ1v) is 7.91. The average Bonchev–Trinajstić information content (AvgIpc) is 2.40. The maximum Gasteiger partial charge on any atom is 0.123 e. The van der Waals surface area contributed by atoms with Crippen molar-refractivity contribution in [1.82, 2.24) is 5.32 Å². The van der Waals surface area contributed by atoms with Crippen molar-refractivity contribution in [2.24, 2.45) is 0 Å². The van der Waals surface area contributed by atoms with Crippen LogP contribution in [0.3, 0.4) is 0 Å². The van der Waals surface area contributed by atoms with Crippen molar-refractivity contribution in [2.75, 3.05) is 13.2 Å². The Balaban J connectivity index is 2.39. The Morgan fingerprint density at radius 3 is 2.55 bits per heavy atom. The molecule has 0 saturated heterocycles. The zero-order valence-electron chi connectivity index (χ0n) is 13.8. The van der Waals surface area contributed by atoms with E-state index in [1.54, 1.807) is 0 Å². The average molecular weight is 277 g/mol. The van der Waals surface area contributed by atoms with Gasteiger partial charge < -0.3 is 10.1 Å². The fraction of sp³-hybridized carbons (Fsp3) is 0.667. The van der Waals surface area contributed by atoms with Crippen molar-refractivity contribution in [1.29, 1.82) is 0 Å². The van der Waals surface area contributed by atoms with Crippen LogP contribution in [0.4, 0.5) is 0 Å². The highest BCUT2D eigenvalue weighted by molar-refractivity contribution is 5.38. The van der Waals surface area contributed by atoms with E-state index in [9.17, 15) is 0 Å². The summed E-state index contributed by atoms with van der Waals surface area (Å²) in [6.07, 6.45) is 3.45. The number of ether oxygens (including phenoxy) is 1. The Morgan fingerprint density at radius 1 is 1.20 bits per heavy atom. The summed E-state index contributed by atoms with van der Waals surface area (Å²) in [5, 5.41) is 3.51. The first-order chi connectivity index (χ1) is 9.45. The fourth-order valence-electron chi connectivity index (χ4n) is 2.28. The van der Waals surface area contributed by atoms with E-state index in [-0.39, 0.29) is 5.41 Å². The molecule has 2 nitrogen and oxygen atoms in total. The van der Waals surface area contributed by atoms with Crippen LogP contribution in [-0.4, -0.2) is 19.2 Å². The van der Waals surface area contributed by atoms with E-state index >= 15 is 0 Å². The van der Waals surface area contributed by atoms with Gasteiger partial charge in [0, 0.05) is 6.04 Å². The van der Waals surface area contributed by atoms with Crippen molar-refractivity contribution < 1.29 is 4.74 Å². The van der Waals surface area contributed by atoms with Gasteiger partial charge in [-0.1, -0.05) is 45.9 Å². The molecule has 1 aromatic carbocycles. The quantitative estimate of drug-likeness (QED) is 0.705. The van der Waals surface area contributed by atoms with Gasteiger partial charge in [0.2, 0.25) is 0 Å². The molecule has 0 radical (unpaired) electrons. The van der Waals surface area contributed by atoms with Gasteiger partial charge in [-0.2, -0.15) is 0 Å². The molecule has 0 aromatic heterocycles. The van der Waals surface area contributed by atoms with Crippen LogP contribution < -0.4 is 10.1 Å². The summed E-state index contributed by atoms with van der Waals surface area (Å²) in [6.45, 7) is 13.0. The monoisotopic (exact) mass is 277 g/mol. The summed E-state index contributed by atoms with van der Waals surface area (Å²) < 4.78 is 5.99. The zero-order valence-corrected chi connectivity index (χ0v) is 13.8. The number of nitrogens with one attached hydrogen (secondary N) is 1. The van der Waals surface area contributed by atoms with Gasteiger partial charge in [-0.25, -0.2) is 0 Å². The normalized spacial score (nSPS) is 13.2. The SMILES string of the molecule is CCCNC(C)CCCOc1ccccc1C(C)(C)C. The molecule has 1 unspecified atom stereocenters. The molecule has 1 aromatic rings.